The Labute approximate surface area is 152 Å². The summed E-state index contributed by atoms with van der Waals surface area (Å²) in [4.78, 5) is 28.6. The van der Waals surface area contributed by atoms with Crippen LogP contribution in [0.25, 0.3) is 0 Å². The molecule has 6 nitrogen and oxygen atoms in total. The Kier molecular flexibility index (Phi) is 7.95. The van der Waals surface area contributed by atoms with Crippen LogP contribution >= 0.6 is 0 Å². The molecule has 0 atom stereocenters. The van der Waals surface area contributed by atoms with Crippen molar-refractivity contribution in [2.24, 2.45) is 0 Å². The minimum atomic E-state index is -1.16. The maximum atomic E-state index is 13.6. The van der Waals surface area contributed by atoms with Gasteiger partial charge in [-0.25, -0.2) is 19.1 Å². The molecular formula is C18H26F2N2O4. The van der Waals surface area contributed by atoms with E-state index in [4.69, 9.17) is 9.57 Å². The molecule has 26 heavy (non-hydrogen) atoms. The highest BCUT2D eigenvalue weighted by atomic mass is 19.2. The highest BCUT2D eigenvalue weighted by Gasteiger charge is 2.20. The molecule has 0 radical (unpaired) electrons. The van der Waals surface area contributed by atoms with E-state index in [1.165, 1.54) is 0 Å². The molecule has 1 amide bonds. The van der Waals surface area contributed by atoms with Gasteiger partial charge in [-0.2, -0.15) is 0 Å². The number of hydroxylamine groups is 1. The molecular weight excluding hydrogens is 346 g/mol. The molecule has 0 saturated heterocycles. The van der Waals surface area contributed by atoms with Crippen LogP contribution in [0.3, 0.4) is 0 Å². The lowest BCUT2D eigenvalue weighted by Crippen LogP contribution is -2.32. The van der Waals surface area contributed by atoms with Crippen molar-refractivity contribution in [1.29, 1.82) is 0 Å². The Morgan fingerprint density at radius 3 is 2.23 bits per heavy atom. The van der Waals surface area contributed by atoms with Gasteiger partial charge in [-0.1, -0.05) is 13.8 Å². The van der Waals surface area contributed by atoms with Gasteiger partial charge in [-0.05, 0) is 39.7 Å². The molecule has 146 valence electrons. The Balaban J connectivity index is 2.81. The van der Waals surface area contributed by atoms with Crippen LogP contribution in [-0.4, -0.2) is 30.1 Å². The van der Waals surface area contributed by atoms with Crippen molar-refractivity contribution >= 4 is 17.6 Å². The van der Waals surface area contributed by atoms with Gasteiger partial charge < -0.3 is 10.1 Å². The van der Waals surface area contributed by atoms with Crippen LogP contribution in [0.4, 0.5) is 14.5 Å². The number of nitrogens with one attached hydrogen (secondary N) is 2. The molecule has 1 aromatic carbocycles. The number of amides is 1. The average molecular weight is 372 g/mol. The normalized spacial score (nSPS) is 11.4. The zero-order valence-corrected chi connectivity index (χ0v) is 15.7. The van der Waals surface area contributed by atoms with Crippen LogP contribution in [0, 0.1) is 11.6 Å². The monoisotopic (exact) mass is 372 g/mol. The first-order valence-corrected chi connectivity index (χ1v) is 8.46. The van der Waals surface area contributed by atoms with Crippen LogP contribution in [0.2, 0.25) is 0 Å². The summed E-state index contributed by atoms with van der Waals surface area (Å²) < 4.78 is 32.1. The summed E-state index contributed by atoms with van der Waals surface area (Å²) in [6.45, 7) is 8.44. The van der Waals surface area contributed by atoms with E-state index in [0.717, 1.165) is 25.0 Å². The topological polar surface area (TPSA) is 76.7 Å². The molecule has 1 rings (SSSR count). The fraction of sp³-hybridized carbons (Fsp3) is 0.556. The van der Waals surface area contributed by atoms with Gasteiger partial charge in [-0.3, -0.25) is 9.63 Å². The molecule has 0 unspecified atom stereocenters. The van der Waals surface area contributed by atoms with E-state index >= 15 is 0 Å². The number of carbonyl (C=O) groups is 2. The van der Waals surface area contributed by atoms with Gasteiger partial charge in [0, 0.05) is 12.1 Å². The van der Waals surface area contributed by atoms with E-state index < -0.39 is 35.7 Å². The third-order valence-electron chi connectivity index (χ3n) is 3.43. The summed E-state index contributed by atoms with van der Waals surface area (Å²) in [7, 11) is 0. The van der Waals surface area contributed by atoms with Gasteiger partial charge in [0.15, 0.2) is 18.2 Å². The highest BCUT2D eigenvalue weighted by Crippen LogP contribution is 2.22. The number of carbonyl (C=O) groups excluding carboxylic acids is 2. The summed E-state index contributed by atoms with van der Waals surface area (Å²) in [6, 6.07) is 1.71. The summed E-state index contributed by atoms with van der Waals surface area (Å²) >= 11 is 0. The Morgan fingerprint density at radius 1 is 1.12 bits per heavy atom. The molecule has 0 saturated carbocycles. The second-order valence-corrected chi connectivity index (χ2v) is 6.78. The first-order chi connectivity index (χ1) is 12.1. The van der Waals surface area contributed by atoms with Gasteiger partial charge in [0.25, 0.3) is 5.91 Å². The van der Waals surface area contributed by atoms with Gasteiger partial charge in [-0.15, -0.1) is 0 Å². The second kappa shape index (κ2) is 9.47. The third kappa shape index (κ3) is 6.95. The zero-order chi connectivity index (χ0) is 19.9. The molecule has 0 spiro atoms. The number of ether oxygens (including phenoxy) is 1. The van der Waals surface area contributed by atoms with Crippen molar-refractivity contribution in [3.63, 3.8) is 0 Å². The molecule has 2 N–H and O–H groups in total. The number of hydrogen-bond donors (Lipinski definition) is 2. The highest BCUT2D eigenvalue weighted by molar-refractivity contribution is 5.99. The van der Waals surface area contributed by atoms with Crippen LogP contribution in [0.15, 0.2) is 12.1 Å². The van der Waals surface area contributed by atoms with Crippen molar-refractivity contribution in [1.82, 2.24) is 5.48 Å². The fourth-order valence-electron chi connectivity index (χ4n) is 2.15. The molecule has 0 fully saturated rings. The molecule has 0 aliphatic carbocycles. The minimum absolute atomic E-state index is 0.00547. The van der Waals surface area contributed by atoms with Crippen LogP contribution in [0.1, 0.15) is 57.8 Å². The van der Waals surface area contributed by atoms with Crippen LogP contribution < -0.4 is 10.8 Å². The average Bonchev–Trinajstić information content (AvgIpc) is 2.53. The predicted molar refractivity (Wildman–Crippen MR) is 93.6 cm³/mol. The van der Waals surface area contributed by atoms with Crippen molar-refractivity contribution in [2.75, 3.05) is 11.9 Å². The smallest absolute Gasteiger partial charge is 0.335 e. The number of benzene rings is 1. The van der Waals surface area contributed by atoms with Gasteiger partial charge in [0.05, 0.1) is 11.3 Å². The van der Waals surface area contributed by atoms with E-state index in [1.807, 2.05) is 19.3 Å². The van der Waals surface area contributed by atoms with Gasteiger partial charge in [0.2, 0.25) is 0 Å². The molecule has 8 heteroatoms. The van der Waals surface area contributed by atoms with E-state index in [2.05, 4.69) is 5.32 Å². The lowest BCUT2D eigenvalue weighted by molar-refractivity contribution is -0.162. The lowest BCUT2D eigenvalue weighted by Gasteiger charge is -2.20. The Hall–Kier alpha value is -2.22. The summed E-state index contributed by atoms with van der Waals surface area (Å²) in [5.74, 6) is -3.69. The first-order valence-electron chi connectivity index (χ1n) is 8.46. The first kappa shape index (κ1) is 21.8. The standard InChI is InChI=1S/C18H26F2N2O4/c1-6-11(7-2)21-15-9-14(20)13(19)8-12(15)17(24)22-25-10-16(23)26-18(3,4)5/h8-9,11,21H,6-7,10H2,1-5H3,(H,22,24). The van der Waals surface area contributed by atoms with Crippen molar-refractivity contribution in [3.8, 4) is 0 Å². The molecule has 0 aliphatic rings. The molecule has 0 bridgehead atoms. The summed E-state index contributed by atoms with van der Waals surface area (Å²) in [5, 5.41) is 3.01. The van der Waals surface area contributed by atoms with Gasteiger partial charge >= 0.3 is 5.97 Å². The third-order valence-corrected chi connectivity index (χ3v) is 3.43. The lowest BCUT2D eigenvalue weighted by atomic mass is 10.1. The Morgan fingerprint density at radius 2 is 1.69 bits per heavy atom. The van der Waals surface area contributed by atoms with E-state index in [-0.39, 0.29) is 17.3 Å². The molecule has 0 heterocycles. The number of rotatable bonds is 8. The quantitative estimate of drug-likeness (QED) is 0.539. The largest absolute Gasteiger partial charge is 0.458 e. The number of anilines is 1. The van der Waals surface area contributed by atoms with Crippen LogP contribution in [0.5, 0.6) is 0 Å². The number of hydrogen-bond acceptors (Lipinski definition) is 5. The number of halogens is 2. The number of esters is 1. The van der Waals surface area contributed by atoms with E-state index in [9.17, 15) is 18.4 Å². The maximum Gasteiger partial charge on any atom is 0.335 e. The minimum Gasteiger partial charge on any atom is -0.458 e. The van der Waals surface area contributed by atoms with Crippen LogP contribution in [-0.2, 0) is 14.4 Å². The molecule has 0 aliphatic heterocycles. The SMILES string of the molecule is CCC(CC)Nc1cc(F)c(F)cc1C(=O)NOCC(=O)OC(C)(C)C. The van der Waals surface area contributed by atoms with Crippen molar-refractivity contribution in [3.05, 3.63) is 29.3 Å². The fourth-order valence-corrected chi connectivity index (χ4v) is 2.15. The summed E-state index contributed by atoms with van der Waals surface area (Å²) in [6.07, 6.45) is 1.48. The molecule has 1 aromatic rings. The van der Waals surface area contributed by atoms with E-state index in [1.54, 1.807) is 20.8 Å². The Bertz CT molecular complexity index is 641. The van der Waals surface area contributed by atoms with Crippen molar-refractivity contribution < 1.29 is 27.9 Å². The summed E-state index contributed by atoms with van der Waals surface area (Å²) in [5.41, 5.74) is 1.38. The predicted octanol–water partition coefficient (Wildman–Crippen LogP) is 3.57. The molecule has 0 aromatic heterocycles. The zero-order valence-electron chi connectivity index (χ0n) is 15.7. The maximum absolute atomic E-state index is 13.6. The second-order valence-electron chi connectivity index (χ2n) is 6.78. The van der Waals surface area contributed by atoms with E-state index in [0.29, 0.717) is 0 Å². The van der Waals surface area contributed by atoms with Crippen molar-refractivity contribution in [2.45, 2.75) is 59.1 Å². The van der Waals surface area contributed by atoms with Gasteiger partial charge in [0.1, 0.15) is 5.60 Å².